The third kappa shape index (κ3) is 1.69. The summed E-state index contributed by atoms with van der Waals surface area (Å²) in [5, 5.41) is 8.56. The third-order valence-corrected chi connectivity index (χ3v) is 2.10. The van der Waals surface area contributed by atoms with Gasteiger partial charge < -0.3 is 10.3 Å². The molecule has 2 rings (SSSR count). The molecule has 0 aliphatic carbocycles. The van der Waals surface area contributed by atoms with E-state index in [1.165, 1.54) is 0 Å². The van der Waals surface area contributed by atoms with Crippen molar-refractivity contribution in [3.05, 3.63) is 11.6 Å². The number of halogens is 1. The van der Waals surface area contributed by atoms with E-state index in [2.05, 4.69) is 15.0 Å². The number of aromatic nitrogens is 4. The van der Waals surface area contributed by atoms with Crippen LogP contribution >= 0.6 is 11.6 Å². The summed E-state index contributed by atoms with van der Waals surface area (Å²) >= 11 is 5.68. The van der Waals surface area contributed by atoms with E-state index >= 15 is 0 Å². The molecule has 0 unspecified atom stereocenters. The second kappa shape index (κ2) is 3.71. The molecular formula is C8H7ClN6. The number of nitrogens with zero attached hydrogens (tertiary/aromatic N) is 5. The summed E-state index contributed by atoms with van der Waals surface area (Å²) in [6.07, 6.45) is 1.95. The van der Waals surface area contributed by atoms with E-state index in [1.54, 1.807) is 10.9 Å². The largest absolute Gasteiger partial charge is 0.382 e. The molecule has 76 valence electrons. The normalized spacial score (nSPS) is 10.4. The van der Waals surface area contributed by atoms with Gasteiger partial charge in [0.15, 0.2) is 11.5 Å². The van der Waals surface area contributed by atoms with Gasteiger partial charge in [0.1, 0.15) is 5.52 Å². The number of fused-ring (bicyclic) bond motifs is 1. The van der Waals surface area contributed by atoms with E-state index in [0.717, 1.165) is 0 Å². The van der Waals surface area contributed by atoms with E-state index in [-0.39, 0.29) is 11.1 Å². The molecule has 0 spiro atoms. The molecule has 7 heteroatoms. The van der Waals surface area contributed by atoms with Crippen LogP contribution in [0.15, 0.2) is 6.33 Å². The van der Waals surface area contributed by atoms with Gasteiger partial charge >= 0.3 is 0 Å². The molecule has 0 amide bonds. The van der Waals surface area contributed by atoms with E-state index in [9.17, 15) is 0 Å². The zero-order valence-electron chi connectivity index (χ0n) is 7.68. The summed E-state index contributed by atoms with van der Waals surface area (Å²) in [6, 6.07) is 2.04. The highest BCUT2D eigenvalue weighted by molar-refractivity contribution is 6.28. The summed E-state index contributed by atoms with van der Waals surface area (Å²) in [6.45, 7) is 0.514. The van der Waals surface area contributed by atoms with Crippen molar-refractivity contribution in [1.29, 1.82) is 5.26 Å². The molecule has 0 saturated carbocycles. The Bertz CT molecular complexity index is 540. The molecule has 2 aromatic heterocycles. The summed E-state index contributed by atoms with van der Waals surface area (Å²) in [7, 11) is 0. The van der Waals surface area contributed by atoms with Crippen molar-refractivity contribution in [1.82, 2.24) is 19.5 Å². The van der Waals surface area contributed by atoms with Crippen LogP contribution in [0.5, 0.6) is 0 Å². The highest BCUT2D eigenvalue weighted by atomic mass is 35.5. The van der Waals surface area contributed by atoms with E-state index in [1.807, 2.05) is 6.07 Å². The minimum atomic E-state index is 0.0821. The Morgan fingerprint density at radius 1 is 1.53 bits per heavy atom. The van der Waals surface area contributed by atoms with Gasteiger partial charge in [-0.25, -0.2) is 4.98 Å². The highest BCUT2D eigenvalue weighted by Crippen LogP contribution is 2.18. The van der Waals surface area contributed by atoms with Crippen LogP contribution in [-0.2, 0) is 6.54 Å². The number of hydrogen-bond acceptors (Lipinski definition) is 5. The fourth-order valence-corrected chi connectivity index (χ4v) is 1.44. The molecule has 0 fully saturated rings. The Labute approximate surface area is 90.3 Å². The molecule has 2 N–H and O–H groups in total. The Hall–Kier alpha value is -1.87. The predicted molar refractivity (Wildman–Crippen MR) is 55.0 cm³/mol. The molecule has 2 aromatic rings. The Kier molecular flexibility index (Phi) is 2.39. The Morgan fingerprint density at radius 2 is 2.33 bits per heavy atom. The van der Waals surface area contributed by atoms with Crippen molar-refractivity contribution in [3.63, 3.8) is 0 Å². The Balaban J connectivity index is 2.54. The first-order chi connectivity index (χ1) is 7.22. The van der Waals surface area contributed by atoms with Gasteiger partial charge in [0, 0.05) is 6.54 Å². The number of nitriles is 1. The first-order valence-corrected chi connectivity index (χ1v) is 4.61. The monoisotopic (exact) mass is 222 g/mol. The zero-order valence-corrected chi connectivity index (χ0v) is 8.44. The van der Waals surface area contributed by atoms with Crippen LogP contribution in [0.25, 0.3) is 11.2 Å². The maximum Gasteiger partial charge on any atom is 0.226 e. The van der Waals surface area contributed by atoms with Gasteiger partial charge in [0.05, 0.1) is 18.8 Å². The topological polar surface area (TPSA) is 93.4 Å². The second-order valence-corrected chi connectivity index (χ2v) is 3.23. The average Bonchev–Trinajstić information content (AvgIpc) is 2.58. The molecule has 0 aromatic carbocycles. The lowest BCUT2D eigenvalue weighted by molar-refractivity contribution is 0.729. The Morgan fingerprint density at radius 3 is 3.07 bits per heavy atom. The average molecular weight is 223 g/mol. The van der Waals surface area contributed by atoms with Crippen molar-refractivity contribution in [2.75, 3.05) is 5.73 Å². The maximum absolute atomic E-state index is 8.48. The second-order valence-electron chi connectivity index (χ2n) is 2.90. The van der Waals surface area contributed by atoms with E-state index in [0.29, 0.717) is 24.1 Å². The molecule has 0 atom stereocenters. The van der Waals surface area contributed by atoms with Crippen molar-refractivity contribution in [2.24, 2.45) is 0 Å². The summed E-state index contributed by atoms with van der Waals surface area (Å²) in [5.41, 5.74) is 6.69. The van der Waals surface area contributed by atoms with Crippen LogP contribution in [-0.4, -0.2) is 19.5 Å². The van der Waals surface area contributed by atoms with Crippen LogP contribution in [0.1, 0.15) is 6.42 Å². The van der Waals surface area contributed by atoms with E-state index < -0.39 is 0 Å². The van der Waals surface area contributed by atoms with Crippen LogP contribution in [0, 0.1) is 11.3 Å². The zero-order chi connectivity index (χ0) is 10.8. The molecule has 0 bridgehead atoms. The number of aryl methyl sites for hydroxylation is 1. The van der Waals surface area contributed by atoms with E-state index in [4.69, 9.17) is 22.6 Å². The number of rotatable bonds is 2. The standard InChI is InChI=1S/C8H7ClN6/c9-8-13-6(11)5-7(14-8)15(4-12-5)3-1-2-10/h4H,1,3H2,(H2,11,13,14). The quantitative estimate of drug-likeness (QED) is 0.765. The van der Waals surface area contributed by atoms with Crippen LogP contribution in [0.3, 0.4) is 0 Å². The molecule has 2 heterocycles. The summed E-state index contributed by atoms with van der Waals surface area (Å²) in [5.74, 6) is 0.251. The smallest absolute Gasteiger partial charge is 0.226 e. The first-order valence-electron chi connectivity index (χ1n) is 4.23. The number of nitrogen functional groups attached to an aromatic ring is 1. The molecule has 15 heavy (non-hydrogen) atoms. The van der Waals surface area contributed by atoms with Crippen molar-refractivity contribution >= 4 is 28.6 Å². The fraction of sp³-hybridized carbons (Fsp3) is 0.250. The lowest BCUT2D eigenvalue weighted by atomic mass is 10.4. The minimum Gasteiger partial charge on any atom is -0.382 e. The highest BCUT2D eigenvalue weighted by Gasteiger charge is 2.09. The SMILES string of the molecule is N#CCCn1cnc2c(N)nc(Cl)nc21. The molecule has 0 aliphatic rings. The number of nitrogens with two attached hydrogens (primary N) is 1. The van der Waals surface area contributed by atoms with Gasteiger partial charge in [-0.1, -0.05) is 0 Å². The van der Waals surface area contributed by atoms with Gasteiger partial charge in [-0.05, 0) is 11.6 Å². The van der Waals surface area contributed by atoms with Gasteiger partial charge in [-0.15, -0.1) is 0 Å². The number of hydrogen-bond donors (Lipinski definition) is 1. The third-order valence-electron chi connectivity index (χ3n) is 1.93. The lowest BCUT2D eigenvalue weighted by Gasteiger charge is -2.00. The van der Waals surface area contributed by atoms with Gasteiger partial charge in [-0.2, -0.15) is 15.2 Å². The van der Waals surface area contributed by atoms with Gasteiger partial charge in [0.2, 0.25) is 5.28 Å². The molecule has 6 nitrogen and oxygen atoms in total. The molecule has 0 aliphatic heterocycles. The number of imidazole rings is 1. The molecule has 0 radical (unpaired) electrons. The van der Waals surface area contributed by atoms with Crippen LogP contribution in [0.2, 0.25) is 5.28 Å². The van der Waals surface area contributed by atoms with Crippen LogP contribution < -0.4 is 5.73 Å². The lowest BCUT2D eigenvalue weighted by Crippen LogP contribution is -1.99. The number of anilines is 1. The fourth-order valence-electron chi connectivity index (χ4n) is 1.27. The molecular weight excluding hydrogens is 216 g/mol. The van der Waals surface area contributed by atoms with Crippen molar-refractivity contribution in [3.8, 4) is 6.07 Å². The van der Waals surface area contributed by atoms with Gasteiger partial charge in [-0.3, -0.25) is 0 Å². The van der Waals surface area contributed by atoms with Crippen LogP contribution in [0.4, 0.5) is 5.82 Å². The first kappa shape index (κ1) is 9.68. The molecule has 0 saturated heterocycles. The van der Waals surface area contributed by atoms with Gasteiger partial charge in [0.25, 0.3) is 0 Å². The summed E-state index contributed by atoms with van der Waals surface area (Å²) < 4.78 is 1.72. The predicted octanol–water partition coefficient (Wildman–Crippen LogP) is 0.976. The summed E-state index contributed by atoms with van der Waals surface area (Å²) in [4.78, 5) is 11.9. The maximum atomic E-state index is 8.48. The van der Waals surface area contributed by atoms with Crippen molar-refractivity contribution in [2.45, 2.75) is 13.0 Å². The van der Waals surface area contributed by atoms with Crippen molar-refractivity contribution < 1.29 is 0 Å². The minimum absolute atomic E-state index is 0.0821.